The van der Waals surface area contributed by atoms with Gasteiger partial charge in [0, 0.05) is 12.1 Å². The molecule has 1 aromatic carbocycles. The van der Waals surface area contributed by atoms with Crippen LogP contribution in [0.1, 0.15) is 19.4 Å². The molecule has 2 rings (SSSR count). The first-order chi connectivity index (χ1) is 8.70. The van der Waals surface area contributed by atoms with Gasteiger partial charge in [-0.05, 0) is 24.1 Å². The minimum absolute atomic E-state index is 0.496. The molecule has 1 aliphatic rings. The summed E-state index contributed by atoms with van der Waals surface area (Å²) in [7, 11) is 1.66. The van der Waals surface area contributed by atoms with Gasteiger partial charge in [-0.3, -0.25) is 4.99 Å². The third-order valence-electron chi connectivity index (χ3n) is 2.68. The number of nitrogens with one attached hydrogen (secondary N) is 1. The van der Waals surface area contributed by atoms with E-state index in [2.05, 4.69) is 24.2 Å². The first kappa shape index (κ1) is 12.7. The first-order valence-electron chi connectivity index (χ1n) is 6.30. The number of nitrogens with zero attached hydrogens (tertiary/aromatic N) is 1. The quantitative estimate of drug-likeness (QED) is 0.867. The lowest BCUT2D eigenvalue weighted by Crippen LogP contribution is -2.19. The van der Waals surface area contributed by atoms with Crippen LogP contribution in [0.5, 0.6) is 11.5 Å². The van der Waals surface area contributed by atoms with Crippen molar-refractivity contribution < 1.29 is 9.47 Å². The Morgan fingerprint density at radius 2 is 2.17 bits per heavy atom. The average Bonchev–Trinajstić information content (AvgIpc) is 2.90. The van der Waals surface area contributed by atoms with E-state index in [9.17, 15) is 0 Å². The van der Waals surface area contributed by atoms with Gasteiger partial charge in [-0.1, -0.05) is 13.8 Å². The van der Waals surface area contributed by atoms with Crippen LogP contribution in [-0.2, 0) is 0 Å². The van der Waals surface area contributed by atoms with Crippen molar-refractivity contribution in [2.75, 3.05) is 26.8 Å². The standard InChI is InChI=1S/C14H20N2O2/c1-10(2)9-18-12-5-4-11(8-13(12)17-3)14-15-6-7-16-14/h4-5,8,10H,6-7,9H2,1-3H3,(H,15,16). The van der Waals surface area contributed by atoms with Gasteiger partial charge in [0.15, 0.2) is 11.5 Å². The smallest absolute Gasteiger partial charge is 0.161 e. The highest BCUT2D eigenvalue weighted by atomic mass is 16.5. The summed E-state index contributed by atoms with van der Waals surface area (Å²) in [6, 6.07) is 5.92. The highest BCUT2D eigenvalue weighted by Gasteiger charge is 2.12. The summed E-state index contributed by atoms with van der Waals surface area (Å²) < 4.78 is 11.1. The molecule has 4 heteroatoms. The van der Waals surface area contributed by atoms with E-state index in [1.807, 2.05) is 18.2 Å². The van der Waals surface area contributed by atoms with Gasteiger partial charge in [-0.15, -0.1) is 0 Å². The van der Waals surface area contributed by atoms with Crippen LogP contribution in [0.3, 0.4) is 0 Å². The topological polar surface area (TPSA) is 42.8 Å². The average molecular weight is 248 g/mol. The number of benzene rings is 1. The van der Waals surface area contributed by atoms with E-state index in [0.29, 0.717) is 12.5 Å². The Balaban J connectivity index is 2.17. The van der Waals surface area contributed by atoms with Crippen molar-refractivity contribution in [1.29, 1.82) is 0 Å². The van der Waals surface area contributed by atoms with Crippen LogP contribution in [0.2, 0.25) is 0 Å². The molecule has 0 atom stereocenters. The van der Waals surface area contributed by atoms with E-state index in [4.69, 9.17) is 9.47 Å². The van der Waals surface area contributed by atoms with Crippen LogP contribution in [0.4, 0.5) is 0 Å². The van der Waals surface area contributed by atoms with Crippen molar-refractivity contribution in [3.05, 3.63) is 23.8 Å². The van der Waals surface area contributed by atoms with Crippen molar-refractivity contribution in [3.8, 4) is 11.5 Å². The Morgan fingerprint density at radius 1 is 1.33 bits per heavy atom. The fourth-order valence-corrected chi connectivity index (χ4v) is 1.78. The van der Waals surface area contributed by atoms with Crippen molar-refractivity contribution in [1.82, 2.24) is 5.32 Å². The normalized spacial score (nSPS) is 14.3. The maximum atomic E-state index is 5.72. The Bertz CT molecular complexity index is 441. The number of hydrogen-bond acceptors (Lipinski definition) is 4. The van der Waals surface area contributed by atoms with E-state index in [0.717, 1.165) is 36.0 Å². The lowest BCUT2D eigenvalue weighted by atomic mass is 10.2. The number of amidine groups is 1. The molecule has 0 spiro atoms. The molecule has 0 fully saturated rings. The molecule has 0 amide bonds. The maximum Gasteiger partial charge on any atom is 0.161 e. The highest BCUT2D eigenvalue weighted by molar-refractivity contribution is 6.00. The summed E-state index contributed by atoms with van der Waals surface area (Å²) in [6.45, 7) is 6.68. The molecule has 0 saturated heterocycles. The predicted octanol–water partition coefficient (Wildman–Crippen LogP) is 2.08. The molecule has 0 aliphatic carbocycles. The summed E-state index contributed by atoms with van der Waals surface area (Å²) in [6.07, 6.45) is 0. The summed E-state index contributed by atoms with van der Waals surface area (Å²) in [5.74, 6) is 2.97. The predicted molar refractivity (Wildman–Crippen MR) is 72.7 cm³/mol. The fourth-order valence-electron chi connectivity index (χ4n) is 1.78. The van der Waals surface area contributed by atoms with Crippen molar-refractivity contribution in [3.63, 3.8) is 0 Å². The number of hydrogen-bond donors (Lipinski definition) is 1. The molecule has 98 valence electrons. The monoisotopic (exact) mass is 248 g/mol. The molecular formula is C14H20N2O2. The Kier molecular flexibility index (Phi) is 4.07. The molecule has 0 saturated carbocycles. The molecule has 1 N–H and O–H groups in total. The number of rotatable bonds is 5. The number of aliphatic imine (C=N–C) groups is 1. The van der Waals surface area contributed by atoms with Crippen molar-refractivity contribution in [2.45, 2.75) is 13.8 Å². The molecule has 1 aromatic rings. The maximum absolute atomic E-state index is 5.72. The molecule has 0 radical (unpaired) electrons. The zero-order valence-electron chi connectivity index (χ0n) is 11.2. The van der Waals surface area contributed by atoms with Gasteiger partial charge in [-0.25, -0.2) is 0 Å². The highest BCUT2D eigenvalue weighted by Crippen LogP contribution is 2.28. The van der Waals surface area contributed by atoms with E-state index in [1.54, 1.807) is 7.11 Å². The second-order valence-corrected chi connectivity index (χ2v) is 4.73. The molecule has 0 unspecified atom stereocenters. The Hall–Kier alpha value is -1.71. The molecule has 0 aromatic heterocycles. The summed E-state index contributed by atoms with van der Waals surface area (Å²) >= 11 is 0. The van der Waals surface area contributed by atoms with Crippen LogP contribution in [0, 0.1) is 5.92 Å². The minimum atomic E-state index is 0.496. The zero-order chi connectivity index (χ0) is 13.0. The summed E-state index contributed by atoms with van der Waals surface area (Å²) in [5, 5.41) is 3.25. The van der Waals surface area contributed by atoms with Crippen LogP contribution in [0.15, 0.2) is 23.2 Å². The SMILES string of the molecule is COc1cc(C2=NCCN2)ccc1OCC(C)C. The van der Waals surface area contributed by atoms with Gasteiger partial charge in [0.2, 0.25) is 0 Å². The van der Waals surface area contributed by atoms with Crippen molar-refractivity contribution in [2.24, 2.45) is 10.9 Å². The third-order valence-corrected chi connectivity index (χ3v) is 2.68. The minimum Gasteiger partial charge on any atom is -0.493 e. The summed E-state index contributed by atoms with van der Waals surface area (Å²) in [5.41, 5.74) is 1.04. The number of methoxy groups -OCH3 is 1. The van der Waals surface area contributed by atoms with Gasteiger partial charge in [0.05, 0.1) is 20.3 Å². The van der Waals surface area contributed by atoms with E-state index in [-0.39, 0.29) is 0 Å². The van der Waals surface area contributed by atoms with Gasteiger partial charge < -0.3 is 14.8 Å². The number of ether oxygens (including phenoxy) is 2. The second kappa shape index (κ2) is 5.76. The van der Waals surface area contributed by atoms with Gasteiger partial charge in [0.25, 0.3) is 0 Å². The molecule has 18 heavy (non-hydrogen) atoms. The van der Waals surface area contributed by atoms with Crippen LogP contribution in [-0.4, -0.2) is 32.6 Å². The van der Waals surface area contributed by atoms with Crippen LogP contribution < -0.4 is 14.8 Å². The molecule has 1 heterocycles. The Morgan fingerprint density at radius 3 is 2.78 bits per heavy atom. The molecular weight excluding hydrogens is 228 g/mol. The van der Waals surface area contributed by atoms with E-state index >= 15 is 0 Å². The largest absolute Gasteiger partial charge is 0.493 e. The van der Waals surface area contributed by atoms with Gasteiger partial charge >= 0.3 is 0 Å². The second-order valence-electron chi connectivity index (χ2n) is 4.73. The molecule has 0 bridgehead atoms. The Labute approximate surface area is 108 Å². The zero-order valence-corrected chi connectivity index (χ0v) is 11.2. The van der Waals surface area contributed by atoms with Gasteiger partial charge in [-0.2, -0.15) is 0 Å². The van der Waals surface area contributed by atoms with Crippen LogP contribution >= 0.6 is 0 Å². The fraction of sp³-hybridized carbons (Fsp3) is 0.500. The lowest BCUT2D eigenvalue weighted by molar-refractivity contribution is 0.257. The third kappa shape index (κ3) is 2.94. The molecule has 1 aliphatic heterocycles. The van der Waals surface area contributed by atoms with E-state index in [1.165, 1.54) is 0 Å². The molecule has 4 nitrogen and oxygen atoms in total. The first-order valence-corrected chi connectivity index (χ1v) is 6.30. The van der Waals surface area contributed by atoms with E-state index < -0.39 is 0 Å². The lowest BCUT2D eigenvalue weighted by Gasteiger charge is -2.13. The van der Waals surface area contributed by atoms with Gasteiger partial charge in [0.1, 0.15) is 5.84 Å². The van der Waals surface area contributed by atoms with Crippen molar-refractivity contribution >= 4 is 5.84 Å². The van der Waals surface area contributed by atoms with Crippen LogP contribution in [0.25, 0.3) is 0 Å². The summed E-state index contributed by atoms with van der Waals surface area (Å²) in [4.78, 5) is 4.39.